The lowest BCUT2D eigenvalue weighted by Crippen LogP contribution is -2.23. The maximum atomic E-state index is 7.20. The largest absolute Gasteiger partial charge is 0.496 e. The monoisotopic (exact) mass is 164 g/mol. The number of fused-ring (bicyclic) bond motifs is 1. The molecule has 3 N–H and O–H groups in total. The average Bonchev–Trinajstić information content (AvgIpc) is 2.47. The zero-order chi connectivity index (χ0) is 8.55. The minimum atomic E-state index is -0.0807. The zero-order valence-corrected chi connectivity index (χ0v) is 6.32. The zero-order valence-electron chi connectivity index (χ0n) is 6.32. The summed E-state index contributed by atoms with van der Waals surface area (Å²) in [7, 11) is 0. The number of nitrogen functional groups attached to an aromatic ring is 1. The van der Waals surface area contributed by atoms with Gasteiger partial charge in [0.1, 0.15) is 6.61 Å². The van der Waals surface area contributed by atoms with Crippen molar-refractivity contribution in [3.63, 3.8) is 0 Å². The van der Waals surface area contributed by atoms with Gasteiger partial charge in [0.2, 0.25) is 5.96 Å². The Morgan fingerprint density at radius 3 is 3.33 bits per heavy atom. The van der Waals surface area contributed by atoms with E-state index in [0.717, 1.165) is 11.3 Å². The first-order valence-corrected chi connectivity index (χ1v) is 3.48. The van der Waals surface area contributed by atoms with Crippen LogP contribution in [0.15, 0.2) is 12.5 Å². The highest BCUT2D eigenvalue weighted by atomic mass is 16.5. The van der Waals surface area contributed by atoms with Gasteiger partial charge in [-0.25, -0.2) is 4.68 Å². The summed E-state index contributed by atoms with van der Waals surface area (Å²) in [5.74, 6) is -0.0807. The van der Waals surface area contributed by atoms with Gasteiger partial charge in [0.15, 0.2) is 0 Å². The Labute approximate surface area is 68.9 Å². The van der Waals surface area contributed by atoms with E-state index in [1.807, 2.05) is 0 Å². The number of ether oxygens (including phenoxy) is 1. The second-order valence-corrected chi connectivity index (χ2v) is 2.47. The van der Waals surface area contributed by atoms with E-state index in [2.05, 4.69) is 5.10 Å². The van der Waals surface area contributed by atoms with E-state index in [-0.39, 0.29) is 5.96 Å². The van der Waals surface area contributed by atoms with Gasteiger partial charge in [-0.2, -0.15) is 5.10 Å². The molecule has 0 aromatic carbocycles. The van der Waals surface area contributed by atoms with E-state index in [0.29, 0.717) is 6.61 Å². The summed E-state index contributed by atoms with van der Waals surface area (Å²) < 4.78 is 6.41. The molecule has 1 aromatic heterocycles. The highest BCUT2D eigenvalue weighted by Gasteiger charge is 2.12. The highest BCUT2D eigenvalue weighted by Crippen LogP contribution is 2.15. The molecule has 1 aliphatic rings. The van der Waals surface area contributed by atoms with E-state index >= 15 is 0 Å². The molecule has 0 bridgehead atoms. The molecule has 0 fully saturated rings. The van der Waals surface area contributed by atoms with Crippen LogP contribution in [0, 0.1) is 5.41 Å². The molecule has 5 heteroatoms. The van der Waals surface area contributed by atoms with Crippen molar-refractivity contribution in [2.45, 2.75) is 6.61 Å². The van der Waals surface area contributed by atoms with Gasteiger partial charge in [-0.3, -0.25) is 5.41 Å². The van der Waals surface area contributed by atoms with Crippen LogP contribution in [0.5, 0.6) is 0 Å². The summed E-state index contributed by atoms with van der Waals surface area (Å²) in [4.78, 5) is 0. The summed E-state index contributed by atoms with van der Waals surface area (Å²) in [6.45, 7) is 0.499. The van der Waals surface area contributed by atoms with Gasteiger partial charge in [-0.15, -0.1) is 0 Å². The first-order valence-electron chi connectivity index (χ1n) is 3.48. The predicted molar refractivity (Wildman–Crippen MR) is 43.4 cm³/mol. The van der Waals surface area contributed by atoms with E-state index in [4.69, 9.17) is 15.9 Å². The molecule has 12 heavy (non-hydrogen) atoms. The summed E-state index contributed by atoms with van der Waals surface area (Å²) in [5.41, 5.74) is 7.07. The standard InChI is InChI=1S/C7H8N4O/c8-7(9)11-6-1-2-12-4-5(6)3-10-11/h1-3H,4H2,(H3,8,9). The van der Waals surface area contributed by atoms with Crippen LogP contribution in [0.4, 0.5) is 0 Å². The van der Waals surface area contributed by atoms with Crippen molar-refractivity contribution < 1.29 is 4.74 Å². The number of nitrogens with one attached hydrogen (secondary N) is 1. The lowest BCUT2D eigenvalue weighted by molar-refractivity contribution is 0.234. The molecular weight excluding hydrogens is 156 g/mol. The number of nitrogens with zero attached hydrogens (tertiary/aromatic N) is 2. The van der Waals surface area contributed by atoms with Crippen molar-refractivity contribution in [1.29, 1.82) is 5.41 Å². The Balaban J connectivity index is 2.54. The minimum absolute atomic E-state index is 0.0807. The third-order valence-electron chi connectivity index (χ3n) is 1.68. The van der Waals surface area contributed by atoms with E-state index < -0.39 is 0 Å². The first-order chi connectivity index (χ1) is 5.79. The fraction of sp³-hybridized carbons (Fsp3) is 0.143. The summed E-state index contributed by atoms with van der Waals surface area (Å²) >= 11 is 0. The molecule has 0 saturated carbocycles. The molecule has 1 aliphatic heterocycles. The van der Waals surface area contributed by atoms with Gasteiger partial charge < -0.3 is 10.5 Å². The fourth-order valence-corrected chi connectivity index (χ4v) is 1.12. The highest BCUT2D eigenvalue weighted by molar-refractivity contribution is 5.79. The van der Waals surface area contributed by atoms with Crippen molar-refractivity contribution >= 4 is 12.0 Å². The van der Waals surface area contributed by atoms with Crippen molar-refractivity contribution in [3.05, 3.63) is 23.7 Å². The van der Waals surface area contributed by atoms with Crippen LogP contribution in [-0.2, 0) is 11.3 Å². The van der Waals surface area contributed by atoms with Crippen molar-refractivity contribution in [2.75, 3.05) is 0 Å². The molecule has 2 rings (SSSR count). The fourth-order valence-electron chi connectivity index (χ4n) is 1.12. The van der Waals surface area contributed by atoms with Crippen LogP contribution in [0.25, 0.3) is 6.08 Å². The topological polar surface area (TPSA) is 76.9 Å². The molecule has 0 atom stereocenters. The van der Waals surface area contributed by atoms with Crippen molar-refractivity contribution in [1.82, 2.24) is 9.78 Å². The Morgan fingerprint density at radius 1 is 1.75 bits per heavy atom. The Kier molecular flexibility index (Phi) is 1.36. The molecule has 0 saturated heterocycles. The summed E-state index contributed by atoms with van der Waals surface area (Å²) in [6.07, 6.45) is 4.97. The Hall–Kier alpha value is -1.78. The SMILES string of the molecule is N=C(N)n1ncc2c1C=COC2. The van der Waals surface area contributed by atoms with Gasteiger partial charge >= 0.3 is 0 Å². The first kappa shape index (κ1) is 6.90. The predicted octanol–water partition coefficient (Wildman–Crippen LogP) is 0.126. The van der Waals surface area contributed by atoms with Gasteiger partial charge in [0, 0.05) is 5.56 Å². The maximum absolute atomic E-state index is 7.20. The molecule has 0 radical (unpaired) electrons. The number of aromatic nitrogens is 2. The lowest BCUT2D eigenvalue weighted by atomic mass is 10.2. The second-order valence-electron chi connectivity index (χ2n) is 2.47. The van der Waals surface area contributed by atoms with Crippen LogP contribution in [0.1, 0.15) is 11.3 Å². The second kappa shape index (κ2) is 2.37. The van der Waals surface area contributed by atoms with Crippen LogP contribution in [0.3, 0.4) is 0 Å². The maximum Gasteiger partial charge on any atom is 0.214 e. The van der Waals surface area contributed by atoms with Crippen LogP contribution < -0.4 is 5.73 Å². The van der Waals surface area contributed by atoms with Gasteiger partial charge in [-0.05, 0) is 6.08 Å². The van der Waals surface area contributed by atoms with E-state index in [1.54, 1.807) is 18.5 Å². The molecule has 62 valence electrons. The molecule has 0 spiro atoms. The number of hydrogen-bond acceptors (Lipinski definition) is 3. The minimum Gasteiger partial charge on any atom is -0.496 e. The smallest absolute Gasteiger partial charge is 0.214 e. The Bertz CT molecular complexity index is 352. The van der Waals surface area contributed by atoms with Crippen LogP contribution in [0.2, 0.25) is 0 Å². The molecule has 5 nitrogen and oxygen atoms in total. The van der Waals surface area contributed by atoms with Crippen molar-refractivity contribution in [3.8, 4) is 0 Å². The van der Waals surface area contributed by atoms with Gasteiger partial charge in [0.05, 0.1) is 18.2 Å². The van der Waals surface area contributed by atoms with Gasteiger partial charge in [-0.1, -0.05) is 0 Å². The number of hydrogen-bond donors (Lipinski definition) is 2. The molecule has 0 amide bonds. The third kappa shape index (κ3) is 0.868. The molecule has 0 aliphatic carbocycles. The van der Waals surface area contributed by atoms with Crippen LogP contribution in [-0.4, -0.2) is 15.7 Å². The molecule has 0 unspecified atom stereocenters. The molecule has 1 aromatic rings. The summed E-state index contributed by atoms with van der Waals surface area (Å²) in [5, 5.41) is 11.1. The number of nitrogens with two attached hydrogens (primary N) is 1. The quantitative estimate of drug-likeness (QED) is 0.422. The third-order valence-corrected chi connectivity index (χ3v) is 1.68. The van der Waals surface area contributed by atoms with Crippen LogP contribution >= 0.6 is 0 Å². The summed E-state index contributed by atoms with van der Waals surface area (Å²) in [6, 6.07) is 0. The van der Waals surface area contributed by atoms with E-state index in [9.17, 15) is 0 Å². The number of rotatable bonds is 0. The lowest BCUT2D eigenvalue weighted by Gasteiger charge is -2.07. The Morgan fingerprint density at radius 2 is 2.58 bits per heavy atom. The molecule has 2 heterocycles. The van der Waals surface area contributed by atoms with Gasteiger partial charge in [0.25, 0.3) is 0 Å². The van der Waals surface area contributed by atoms with E-state index in [1.165, 1.54) is 4.68 Å². The molecular formula is C7H8N4O. The average molecular weight is 164 g/mol. The van der Waals surface area contributed by atoms with Crippen molar-refractivity contribution in [2.24, 2.45) is 5.73 Å². The normalized spacial score (nSPS) is 13.7.